The zero-order valence-electron chi connectivity index (χ0n) is 20.4. The lowest BCUT2D eigenvalue weighted by Gasteiger charge is -2.36. The fourth-order valence-electron chi connectivity index (χ4n) is 5.16. The number of nitro benzene ring substituents is 1. The number of piperidine rings is 1. The molecule has 9 nitrogen and oxygen atoms in total. The third-order valence-corrected chi connectivity index (χ3v) is 7.18. The minimum Gasteiger partial charge on any atom is -0.351 e. The first-order chi connectivity index (χ1) is 17.3. The van der Waals surface area contributed by atoms with Crippen LogP contribution in [0.3, 0.4) is 0 Å². The van der Waals surface area contributed by atoms with Gasteiger partial charge >= 0.3 is 0 Å². The maximum Gasteiger partial charge on any atom is 0.270 e. The van der Waals surface area contributed by atoms with Gasteiger partial charge in [0.2, 0.25) is 5.91 Å². The van der Waals surface area contributed by atoms with E-state index in [2.05, 4.69) is 10.6 Å². The van der Waals surface area contributed by atoms with Crippen molar-refractivity contribution >= 4 is 23.4 Å². The fraction of sp³-hybridized carbons (Fsp3) is 0.444. The Bertz CT molecular complexity index is 1150. The van der Waals surface area contributed by atoms with Crippen LogP contribution in [0.4, 0.5) is 5.69 Å². The summed E-state index contributed by atoms with van der Waals surface area (Å²) in [4.78, 5) is 51.2. The third kappa shape index (κ3) is 5.90. The second kappa shape index (κ2) is 11.3. The molecule has 1 saturated carbocycles. The van der Waals surface area contributed by atoms with Gasteiger partial charge in [-0.1, -0.05) is 37.1 Å². The van der Waals surface area contributed by atoms with E-state index >= 15 is 0 Å². The van der Waals surface area contributed by atoms with Gasteiger partial charge in [-0.25, -0.2) is 0 Å². The van der Waals surface area contributed by atoms with E-state index in [1.807, 2.05) is 25.1 Å². The Morgan fingerprint density at radius 3 is 2.39 bits per heavy atom. The monoisotopic (exact) mass is 492 g/mol. The molecule has 4 rings (SSSR count). The second-order valence-corrected chi connectivity index (χ2v) is 9.69. The molecule has 2 aromatic carbocycles. The van der Waals surface area contributed by atoms with Crippen molar-refractivity contribution in [1.29, 1.82) is 0 Å². The summed E-state index contributed by atoms with van der Waals surface area (Å²) in [6.07, 6.45) is 4.89. The van der Waals surface area contributed by atoms with Gasteiger partial charge in [-0.15, -0.1) is 0 Å². The number of carbonyl (C=O) groups is 3. The van der Waals surface area contributed by atoms with Crippen LogP contribution in [0.1, 0.15) is 64.8 Å². The lowest BCUT2D eigenvalue weighted by Crippen LogP contribution is -2.55. The van der Waals surface area contributed by atoms with Crippen molar-refractivity contribution < 1.29 is 19.3 Å². The van der Waals surface area contributed by atoms with Crippen LogP contribution in [0.2, 0.25) is 0 Å². The van der Waals surface area contributed by atoms with Crippen LogP contribution < -0.4 is 10.6 Å². The molecule has 0 aromatic heterocycles. The number of carbonyl (C=O) groups excluding carboxylic acids is 3. The lowest BCUT2D eigenvalue weighted by molar-refractivity contribution is -0.384. The summed E-state index contributed by atoms with van der Waals surface area (Å²) in [6.45, 7) is 2.67. The normalized spacial score (nSPS) is 21.9. The van der Waals surface area contributed by atoms with Gasteiger partial charge in [0.05, 0.1) is 10.8 Å². The number of nitrogens with zero attached hydrogens (tertiary/aromatic N) is 2. The number of hydrogen-bond donors (Lipinski definition) is 2. The number of nitro groups is 1. The Labute approximate surface area is 210 Å². The molecule has 0 spiro atoms. The summed E-state index contributed by atoms with van der Waals surface area (Å²) >= 11 is 0. The number of likely N-dealkylation sites (tertiary alicyclic amines) is 1. The molecule has 2 fully saturated rings. The van der Waals surface area contributed by atoms with Crippen molar-refractivity contribution in [2.75, 3.05) is 13.1 Å². The molecule has 1 aliphatic carbocycles. The highest BCUT2D eigenvalue weighted by Crippen LogP contribution is 2.24. The van der Waals surface area contributed by atoms with Crippen LogP contribution in [0.5, 0.6) is 0 Å². The quantitative estimate of drug-likeness (QED) is 0.471. The third-order valence-electron chi connectivity index (χ3n) is 7.18. The van der Waals surface area contributed by atoms with E-state index in [4.69, 9.17) is 0 Å². The number of hydrogen-bond acceptors (Lipinski definition) is 5. The number of rotatable bonds is 6. The molecule has 0 bridgehead atoms. The van der Waals surface area contributed by atoms with Gasteiger partial charge in [0, 0.05) is 48.4 Å². The summed E-state index contributed by atoms with van der Waals surface area (Å²) in [5.41, 5.74) is 1.65. The van der Waals surface area contributed by atoms with E-state index in [0.717, 1.165) is 31.2 Å². The predicted octanol–water partition coefficient (Wildman–Crippen LogP) is 3.61. The summed E-state index contributed by atoms with van der Waals surface area (Å²) in [6, 6.07) is 12.8. The van der Waals surface area contributed by atoms with Gasteiger partial charge in [0.15, 0.2) is 0 Å². The molecule has 2 aliphatic rings. The molecule has 2 N–H and O–H groups in total. The highest BCUT2D eigenvalue weighted by Gasteiger charge is 2.33. The molecule has 36 heavy (non-hydrogen) atoms. The molecule has 2 unspecified atom stereocenters. The van der Waals surface area contributed by atoms with Gasteiger partial charge in [0.25, 0.3) is 17.5 Å². The Morgan fingerprint density at radius 1 is 0.944 bits per heavy atom. The van der Waals surface area contributed by atoms with E-state index in [9.17, 15) is 24.5 Å². The summed E-state index contributed by atoms with van der Waals surface area (Å²) < 4.78 is 0. The van der Waals surface area contributed by atoms with Crippen molar-refractivity contribution in [2.24, 2.45) is 5.92 Å². The van der Waals surface area contributed by atoms with E-state index in [0.29, 0.717) is 24.9 Å². The molecule has 9 heteroatoms. The Kier molecular flexibility index (Phi) is 7.97. The smallest absolute Gasteiger partial charge is 0.270 e. The largest absolute Gasteiger partial charge is 0.351 e. The van der Waals surface area contributed by atoms with Crippen LogP contribution in [0, 0.1) is 23.0 Å². The van der Waals surface area contributed by atoms with Gasteiger partial charge < -0.3 is 15.5 Å². The number of non-ortho nitro benzene ring substituents is 1. The fourth-order valence-corrected chi connectivity index (χ4v) is 5.16. The molecule has 1 saturated heterocycles. The van der Waals surface area contributed by atoms with E-state index in [-0.39, 0.29) is 53.5 Å². The maximum atomic E-state index is 13.2. The maximum absolute atomic E-state index is 13.2. The van der Waals surface area contributed by atoms with E-state index in [1.54, 1.807) is 17.0 Å². The standard InChI is InChI=1S/C27H32N4O5/c1-18-8-2-3-12-22(18)26(33)29-24-14-5-4-13-23(24)28-25(32)20-10-7-15-30(17-20)27(34)19-9-6-11-21(16-19)31(35)36/h2-3,6,8-9,11-12,16,20,23-24H,4-5,7,10,13-15,17H2,1H3,(H,28,32)(H,29,33)/t20?,23?,24-/m1/s1. The molecular formula is C27H32N4O5. The van der Waals surface area contributed by atoms with Crippen LogP contribution >= 0.6 is 0 Å². The highest BCUT2D eigenvalue weighted by atomic mass is 16.6. The van der Waals surface area contributed by atoms with Crippen molar-refractivity contribution in [3.05, 3.63) is 75.3 Å². The number of nitrogens with one attached hydrogen (secondary N) is 2. The van der Waals surface area contributed by atoms with Crippen molar-refractivity contribution in [2.45, 2.75) is 57.5 Å². The lowest BCUT2D eigenvalue weighted by atomic mass is 9.88. The minimum absolute atomic E-state index is 0.117. The summed E-state index contributed by atoms with van der Waals surface area (Å²) in [5, 5.41) is 17.4. The van der Waals surface area contributed by atoms with Gasteiger partial charge in [-0.3, -0.25) is 24.5 Å². The molecule has 3 amide bonds. The van der Waals surface area contributed by atoms with E-state index in [1.165, 1.54) is 18.2 Å². The van der Waals surface area contributed by atoms with Crippen LogP contribution in [-0.2, 0) is 4.79 Å². The second-order valence-electron chi connectivity index (χ2n) is 9.69. The van der Waals surface area contributed by atoms with Gasteiger partial charge in [-0.2, -0.15) is 0 Å². The average Bonchev–Trinajstić information content (AvgIpc) is 2.89. The predicted molar refractivity (Wildman–Crippen MR) is 135 cm³/mol. The van der Waals surface area contributed by atoms with Crippen molar-refractivity contribution in [3.63, 3.8) is 0 Å². The molecule has 1 heterocycles. The number of amides is 3. The van der Waals surface area contributed by atoms with Crippen LogP contribution in [0.25, 0.3) is 0 Å². The summed E-state index contributed by atoms with van der Waals surface area (Å²) in [7, 11) is 0. The Balaban J connectivity index is 1.38. The Hall–Kier alpha value is -3.75. The zero-order chi connectivity index (χ0) is 25.7. The van der Waals surface area contributed by atoms with E-state index < -0.39 is 4.92 Å². The first-order valence-electron chi connectivity index (χ1n) is 12.5. The van der Waals surface area contributed by atoms with Crippen molar-refractivity contribution in [3.8, 4) is 0 Å². The summed E-state index contributed by atoms with van der Waals surface area (Å²) in [5.74, 6) is -0.924. The molecular weight excluding hydrogens is 460 g/mol. The highest BCUT2D eigenvalue weighted by molar-refractivity contribution is 5.96. The SMILES string of the molecule is Cc1ccccc1C(=O)N[C@@H]1CCCCC1NC(=O)C1CCCN(C(=O)c2cccc([N+](=O)[O-])c2)C1. The average molecular weight is 493 g/mol. The zero-order valence-corrected chi connectivity index (χ0v) is 20.4. The molecule has 0 radical (unpaired) electrons. The minimum atomic E-state index is -0.526. The molecule has 190 valence electrons. The topological polar surface area (TPSA) is 122 Å². The first kappa shape index (κ1) is 25.3. The molecule has 1 aliphatic heterocycles. The number of benzene rings is 2. The molecule has 3 atom stereocenters. The van der Waals surface area contributed by atoms with Crippen LogP contribution in [0.15, 0.2) is 48.5 Å². The van der Waals surface area contributed by atoms with Crippen molar-refractivity contribution in [1.82, 2.24) is 15.5 Å². The first-order valence-corrected chi connectivity index (χ1v) is 12.5. The molecule has 2 aromatic rings. The number of aryl methyl sites for hydroxylation is 1. The van der Waals surface area contributed by atoms with Crippen LogP contribution in [-0.4, -0.2) is 52.7 Å². The van der Waals surface area contributed by atoms with Gasteiger partial charge in [0.1, 0.15) is 0 Å². The Morgan fingerprint density at radius 2 is 1.67 bits per heavy atom. The van der Waals surface area contributed by atoms with Gasteiger partial charge in [-0.05, 0) is 50.3 Å².